The van der Waals surface area contributed by atoms with Gasteiger partial charge in [0.1, 0.15) is 11.6 Å². The quantitative estimate of drug-likeness (QED) is 0.875. The average Bonchev–Trinajstić information content (AvgIpc) is 2.68. The Hall–Kier alpha value is -2.60. The largest absolute Gasteiger partial charge is 0.497 e. The molecular weight excluding hydrogens is 318 g/mol. The molecule has 0 unspecified atom stereocenters. The van der Waals surface area contributed by atoms with E-state index in [1.165, 1.54) is 0 Å². The lowest BCUT2D eigenvalue weighted by Gasteiger charge is -2.28. The molecule has 2 aromatic rings. The number of pyridine rings is 1. The first kappa shape index (κ1) is 17.2. The summed E-state index contributed by atoms with van der Waals surface area (Å²) >= 11 is 0. The van der Waals surface area contributed by atoms with E-state index in [1.54, 1.807) is 13.3 Å². The van der Waals surface area contributed by atoms with E-state index >= 15 is 0 Å². The molecule has 0 radical (unpaired) electrons. The number of nitrogens with one attached hydrogen (secondary N) is 1. The van der Waals surface area contributed by atoms with Gasteiger partial charge in [-0.15, -0.1) is 0 Å². The molecule has 0 spiro atoms. The molecule has 1 aromatic heterocycles. The first-order valence-corrected chi connectivity index (χ1v) is 8.46. The second-order valence-electron chi connectivity index (χ2n) is 5.90. The lowest BCUT2D eigenvalue weighted by atomic mass is 10.1. The van der Waals surface area contributed by atoms with Crippen LogP contribution in [0.3, 0.4) is 0 Å². The van der Waals surface area contributed by atoms with E-state index in [2.05, 4.69) is 15.2 Å². The number of ether oxygens (including phenoxy) is 2. The van der Waals surface area contributed by atoms with E-state index in [0.29, 0.717) is 18.7 Å². The third kappa shape index (κ3) is 4.93. The molecule has 3 rings (SSSR count). The minimum atomic E-state index is -0.0468. The highest BCUT2D eigenvalue weighted by atomic mass is 16.5. The van der Waals surface area contributed by atoms with Crippen LogP contribution < -0.4 is 15.0 Å². The summed E-state index contributed by atoms with van der Waals surface area (Å²) < 4.78 is 10.5. The highest BCUT2D eigenvalue weighted by molar-refractivity contribution is 5.89. The Kier molecular flexibility index (Phi) is 5.85. The number of amides is 1. The van der Waals surface area contributed by atoms with Gasteiger partial charge in [0, 0.05) is 19.5 Å². The summed E-state index contributed by atoms with van der Waals surface area (Å²) in [6.45, 7) is 3.22. The number of nitrogens with zero attached hydrogens (tertiary/aromatic N) is 2. The fourth-order valence-corrected chi connectivity index (χ4v) is 2.76. The van der Waals surface area contributed by atoms with Crippen molar-refractivity contribution in [2.75, 3.05) is 43.6 Å². The van der Waals surface area contributed by atoms with E-state index in [4.69, 9.17) is 9.47 Å². The Morgan fingerprint density at radius 2 is 2.12 bits per heavy atom. The van der Waals surface area contributed by atoms with Crippen LogP contribution in [0.15, 0.2) is 42.6 Å². The molecule has 1 aliphatic rings. The van der Waals surface area contributed by atoms with Crippen molar-refractivity contribution in [1.82, 2.24) is 4.98 Å². The fourth-order valence-electron chi connectivity index (χ4n) is 2.76. The molecule has 1 amide bonds. The minimum Gasteiger partial charge on any atom is -0.497 e. The normalized spacial score (nSPS) is 14.2. The molecule has 0 saturated carbocycles. The van der Waals surface area contributed by atoms with Crippen molar-refractivity contribution in [1.29, 1.82) is 0 Å². The molecule has 0 atom stereocenters. The van der Waals surface area contributed by atoms with E-state index in [9.17, 15) is 4.79 Å². The first-order chi connectivity index (χ1) is 12.2. The topological polar surface area (TPSA) is 63.7 Å². The zero-order valence-corrected chi connectivity index (χ0v) is 14.4. The Balaban J connectivity index is 1.50. The molecule has 0 aliphatic carbocycles. The Bertz CT molecular complexity index is 697. The summed E-state index contributed by atoms with van der Waals surface area (Å²) in [5.41, 5.74) is 2.13. The van der Waals surface area contributed by atoms with E-state index in [1.807, 2.05) is 36.4 Å². The number of hydrogen-bond donors (Lipinski definition) is 1. The smallest absolute Gasteiger partial charge is 0.225 e. The first-order valence-electron chi connectivity index (χ1n) is 8.46. The molecule has 25 heavy (non-hydrogen) atoms. The maximum atomic E-state index is 12.1. The Morgan fingerprint density at radius 1 is 1.28 bits per heavy atom. The van der Waals surface area contributed by atoms with Crippen molar-refractivity contribution in [2.45, 2.75) is 12.8 Å². The van der Waals surface area contributed by atoms with Crippen LogP contribution in [0.4, 0.5) is 11.5 Å². The maximum absolute atomic E-state index is 12.1. The highest BCUT2D eigenvalue weighted by Crippen LogP contribution is 2.17. The van der Waals surface area contributed by atoms with Crippen molar-refractivity contribution in [2.24, 2.45) is 0 Å². The van der Waals surface area contributed by atoms with Crippen molar-refractivity contribution in [3.63, 3.8) is 0 Å². The standard InChI is InChI=1S/C19H23N3O3/c1-24-17-4-2-3-15(13-17)5-8-19(23)21-18-7-6-16(14-20-18)22-9-11-25-12-10-22/h2-4,6-7,13-14H,5,8-12H2,1H3,(H,20,21,23). The maximum Gasteiger partial charge on any atom is 0.225 e. The van der Waals surface area contributed by atoms with Gasteiger partial charge in [0.05, 0.1) is 32.2 Å². The number of carbonyl (C=O) groups is 1. The monoisotopic (exact) mass is 341 g/mol. The zero-order chi connectivity index (χ0) is 17.5. The van der Waals surface area contributed by atoms with Crippen LogP contribution in [0.5, 0.6) is 5.75 Å². The lowest BCUT2D eigenvalue weighted by Crippen LogP contribution is -2.36. The van der Waals surface area contributed by atoms with Crippen LogP contribution >= 0.6 is 0 Å². The van der Waals surface area contributed by atoms with Crippen molar-refractivity contribution in [3.8, 4) is 5.75 Å². The van der Waals surface area contributed by atoms with Gasteiger partial charge in [0.2, 0.25) is 5.91 Å². The van der Waals surface area contributed by atoms with Gasteiger partial charge in [0.25, 0.3) is 0 Å². The van der Waals surface area contributed by atoms with Crippen LogP contribution in [0, 0.1) is 0 Å². The van der Waals surface area contributed by atoms with Gasteiger partial charge in [0.15, 0.2) is 0 Å². The molecule has 6 nitrogen and oxygen atoms in total. The number of anilines is 2. The number of carbonyl (C=O) groups excluding carboxylic acids is 1. The van der Waals surface area contributed by atoms with E-state index < -0.39 is 0 Å². The number of aryl methyl sites for hydroxylation is 1. The summed E-state index contributed by atoms with van der Waals surface area (Å²) in [7, 11) is 1.64. The SMILES string of the molecule is COc1cccc(CCC(=O)Nc2ccc(N3CCOCC3)cn2)c1. The molecule has 132 valence electrons. The van der Waals surface area contributed by atoms with E-state index in [0.717, 1.165) is 43.3 Å². The second-order valence-corrected chi connectivity index (χ2v) is 5.90. The van der Waals surface area contributed by atoms with Crippen LogP contribution in [0.25, 0.3) is 0 Å². The third-order valence-corrected chi connectivity index (χ3v) is 4.17. The fraction of sp³-hybridized carbons (Fsp3) is 0.368. The number of methoxy groups -OCH3 is 1. The lowest BCUT2D eigenvalue weighted by molar-refractivity contribution is -0.116. The highest BCUT2D eigenvalue weighted by Gasteiger charge is 2.12. The summed E-state index contributed by atoms with van der Waals surface area (Å²) in [5, 5.41) is 2.85. The van der Waals surface area contributed by atoms with Crippen molar-refractivity contribution < 1.29 is 14.3 Å². The van der Waals surface area contributed by atoms with Crippen LogP contribution in [-0.2, 0) is 16.0 Å². The number of rotatable bonds is 6. The van der Waals surface area contributed by atoms with E-state index in [-0.39, 0.29) is 5.91 Å². The third-order valence-electron chi connectivity index (χ3n) is 4.17. The molecule has 1 aromatic carbocycles. The molecule has 1 N–H and O–H groups in total. The molecule has 0 bridgehead atoms. The summed E-state index contributed by atoms with van der Waals surface area (Å²) in [5.74, 6) is 1.33. The van der Waals surface area contributed by atoms with Gasteiger partial charge in [-0.25, -0.2) is 4.98 Å². The van der Waals surface area contributed by atoms with Crippen LogP contribution in [0.2, 0.25) is 0 Å². The second kappa shape index (κ2) is 8.48. The zero-order valence-electron chi connectivity index (χ0n) is 14.4. The number of aromatic nitrogens is 1. The minimum absolute atomic E-state index is 0.0468. The number of morpholine rings is 1. The van der Waals surface area contributed by atoms with Gasteiger partial charge < -0.3 is 19.7 Å². The van der Waals surface area contributed by atoms with Gasteiger partial charge in [-0.2, -0.15) is 0 Å². The van der Waals surface area contributed by atoms with Crippen LogP contribution in [-0.4, -0.2) is 44.3 Å². The molecule has 6 heteroatoms. The Morgan fingerprint density at radius 3 is 2.84 bits per heavy atom. The van der Waals surface area contributed by atoms with Crippen molar-refractivity contribution in [3.05, 3.63) is 48.2 Å². The van der Waals surface area contributed by atoms with Crippen LogP contribution in [0.1, 0.15) is 12.0 Å². The molecule has 1 aliphatic heterocycles. The summed E-state index contributed by atoms with van der Waals surface area (Å²) in [4.78, 5) is 18.7. The molecule has 1 fully saturated rings. The summed E-state index contributed by atoms with van der Waals surface area (Å²) in [6.07, 6.45) is 2.86. The average molecular weight is 341 g/mol. The number of benzene rings is 1. The molecule has 2 heterocycles. The van der Waals surface area contributed by atoms with Gasteiger partial charge in [-0.1, -0.05) is 12.1 Å². The molecular formula is C19H23N3O3. The predicted octanol–water partition coefficient (Wildman–Crippen LogP) is 2.50. The Labute approximate surface area is 147 Å². The van der Waals surface area contributed by atoms with Gasteiger partial charge in [-0.05, 0) is 36.2 Å². The van der Waals surface area contributed by atoms with Crippen molar-refractivity contribution >= 4 is 17.4 Å². The molecule has 1 saturated heterocycles. The number of hydrogen-bond acceptors (Lipinski definition) is 5. The summed E-state index contributed by atoms with van der Waals surface area (Å²) in [6, 6.07) is 11.6. The predicted molar refractivity (Wildman–Crippen MR) is 97.2 cm³/mol. The van der Waals surface area contributed by atoms with Gasteiger partial charge >= 0.3 is 0 Å². The van der Waals surface area contributed by atoms with Gasteiger partial charge in [-0.3, -0.25) is 4.79 Å².